The van der Waals surface area contributed by atoms with Crippen LogP contribution in [-0.4, -0.2) is 42.6 Å². The first-order valence-electron chi connectivity index (χ1n) is 10.7. The summed E-state index contributed by atoms with van der Waals surface area (Å²) in [5, 5.41) is 1.70. The molecule has 3 aromatic rings. The Balaban J connectivity index is 1.73. The lowest BCUT2D eigenvalue weighted by molar-refractivity contribution is -0.140. The topological polar surface area (TPSA) is 65.5 Å². The van der Waals surface area contributed by atoms with Gasteiger partial charge in [0.1, 0.15) is 0 Å². The molecule has 0 bridgehead atoms. The third kappa shape index (κ3) is 8.08. The second-order valence-electron chi connectivity index (χ2n) is 7.30. The van der Waals surface area contributed by atoms with E-state index in [1.165, 1.54) is 14.2 Å². The minimum atomic E-state index is -0.230. The highest BCUT2D eigenvalue weighted by atomic mass is 35.5. The lowest BCUT2D eigenvalue weighted by Crippen LogP contribution is -2.04. The van der Waals surface area contributed by atoms with Crippen LogP contribution in [0.5, 0.6) is 0 Å². The zero-order valence-corrected chi connectivity index (χ0v) is 21.4. The number of hydrogen-bond donors (Lipinski definition) is 0. The van der Waals surface area contributed by atoms with Crippen LogP contribution in [0.25, 0.3) is 23.1 Å². The lowest BCUT2D eigenvalue weighted by atomic mass is 10.1. The number of rotatable bonds is 11. The van der Waals surface area contributed by atoms with Crippen LogP contribution in [0.1, 0.15) is 34.2 Å². The van der Waals surface area contributed by atoms with E-state index in [0.717, 1.165) is 27.7 Å². The highest BCUT2D eigenvalue weighted by Gasteiger charge is 2.15. The van der Waals surface area contributed by atoms with Crippen molar-refractivity contribution in [2.45, 2.75) is 17.4 Å². The molecule has 0 N–H and O–H groups in total. The molecule has 1 heterocycles. The summed E-state index contributed by atoms with van der Waals surface area (Å²) in [4.78, 5) is 27.7. The van der Waals surface area contributed by atoms with E-state index in [0.29, 0.717) is 29.4 Å². The van der Waals surface area contributed by atoms with Crippen molar-refractivity contribution in [1.29, 1.82) is 0 Å². The van der Waals surface area contributed by atoms with Gasteiger partial charge in [-0.1, -0.05) is 48.0 Å². The van der Waals surface area contributed by atoms with Gasteiger partial charge in [-0.3, -0.25) is 9.59 Å². The second-order valence-corrected chi connectivity index (χ2v) is 10.5. The maximum absolute atomic E-state index is 11.5. The van der Waals surface area contributed by atoms with Gasteiger partial charge in [-0.2, -0.15) is 0 Å². The van der Waals surface area contributed by atoms with E-state index in [1.807, 2.05) is 54.6 Å². The van der Waals surface area contributed by atoms with Gasteiger partial charge in [-0.25, -0.2) is 4.98 Å². The molecule has 0 fully saturated rings. The molecule has 0 atom stereocenters. The van der Waals surface area contributed by atoms with Gasteiger partial charge in [0.25, 0.3) is 0 Å². The number of carbonyl (C=O) groups is 2. The summed E-state index contributed by atoms with van der Waals surface area (Å²) in [6.45, 7) is 0. The summed E-state index contributed by atoms with van der Waals surface area (Å²) in [5.74, 6) is 0.802. The first-order valence-corrected chi connectivity index (χ1v) is 13.2. The molecule has 3 rings (SSSR count). The highest BCUT2D eigenvalue weighted by Crippen LogP contribution is 2.40. The van der Waals surface area contributed by atoms with Gasteiger partial charge in [0.2, 0.25) is 0 Å². The predicted molar refractivity (Wildman–Crippen MR) is 143 cm³/mol. The zero-order chi connectivity index (χ0) is 24.3. The van der Waals surface area contributed by atoms with Crippen molar-refractivity contribution in [3.05, 3.63) is 76.4 Å². The molecule has 2 aromatic carbocycles. The van der Waals surface area contributed by atoms with E-state index in [-0.39, 0.29) is 16.5 Å². The first kappa shape index (κ1) is 26.1. The van der Waals surface area contributed by atoms with E-state index < -0.39 is 0 Å². The molecule has 0 aliphatic heterocycles. The van der Waals surface area contributed by atoms with Crippen LogP contribution in [-0.2, 0) is 19.1 Å². The van der Waals surface area contributed by atoms with Crippen molar-refractivity contribution >= 4 is 70.1 Å². The number of methoxy groups -OCH3 is 2. The molecule has 5 nitrogen and oxygen atoms in total. The Hall–Kier alpha value is -2.48. The monoisotopic (exact) mass is 515 g/mol. The number of esters is 2. The summed E-state index contributed by atoms with van der Waals surface area (Å²) >= 11 is 9.43. The number of pyridine rings is 1. The van der Waals surface area contributed by atoms with Crippen molar-refractivity contribution in [3.8, 4) is 0 Å². The van der Waals surface area contributed by atoms with Crippen molar-refractivity contribution in [2.24, 2.45) is 0 Å². The van der Waals surface area contributed by atoms with Gasteiger partial charge in [0.05, 0.1) is 42.9 Å². The molecule has 0 aliphatic rings. The van der Waals surface area contributed by atoms with E-state index in [4.69, 9.17) is 21.1 Å². The Bertz CT molecular complexity index is 1150. The molecule has 1 aromatic heterocycles. The van der Waals surface area contributed by atoms with Gasteiger partial charge < -0.3 is 9.47 Å². The SMILES string of the molecule is COC(=O)CCSC(SCCC(=O)OC)c1cccc(/C=C/c2ccc3ccc(Cl)cc3n2)c1. The van der Waals surface area contributed by atoms with Gasteiger partial charge in [0.15, 0.2) is 0 Å². The number of ether oxygens (including phenoxy) is 2. The number of aromatic nitrogens is 1. The van der Waals surface area contributed by atoms with Crippen molar-refractivity contribution in [1.82, 2.24) is 4.98 Å². The van der Waals surface area contributed by atoms with Gasteiger partial charge in [-0.15, -0.1) is 23.5 Å². The maximum Gasteiger partial charge on any atom is 0.306 e. The highest BCUT2D eigenvalue weighted by molar-refractivity contribution is 8.16. The maximum atomic E-state index is 11.5. The Morgan fingerprint density at radius 2 is 1.62 bits per heavy atom. The van der Waals surface area contributed by atoms with E-state index in [9.17, 15) is 9.59 Å². The standard InChI is InChI=1S/C26H26ClNO4S2/c1-31-24(29)12-14-33-26(34-15-13-25(30)32-2)20-5-3-4-18(16-20)6-10-22-11-8-19-7-9-21(27)17-23(19)28-22/h3-11,16-17,26H,12-15H2,1-2H3/b10-6+. The van der Waals surface area contributed by atoms with E-state index in [2.05, 4.69) is 17.1 Å². The van der Waals surface area contributed by atoms with E-state index >= 15 is 0 Å². The third-order valence-corrected chi connectivity index (χ3v) is 7.99. The number of benzene rings is 2. The third-order valence-electron chi connectivity index (χ3n) is 4.91. The normalized spacial score (nSPS) is 11.3. The summed E-state index contributed by atoms with van der Waals surface area (Å²) in [6, 6.07) is 17.9. The van der Waals surface area contributed by atoms with Gasteiger partial charge in [0, 0.05) is 21.9 Å². The average Bonchev–Trinajstić information content (AvgIpc) is 2.86. The molecule has 0 radical (unpaired) electrons. The number of thioether (sulfide) groups is 2. The van der Waals surface area contributed by atoms with E-state index in [1.54, 1.807) is 23.5 Å². The lowest BCUT2D eigenvalue weighted by Gasteiger charge is -2.17. The van der Waals surface area contributed by atoms with Crippen LogP contribution in [0.4, 0.5) is 0 Å². The number of nitrogens with zero attached hydrogens (tertiary/aromatic N) is 1. The smallest absolute Gasteiger partial charge is 0.306 e. The Morgan fingerprint density at radius 1 is 0.941 bits per heavy atom. The summed E-state index contributed by atoms with van der Waals surface area (Å²) in [5.41, 5.74) is 3.85. The average molecular weight is 516 g/mol. The molecule has 34 heavy (non-hydrogen) atoms. The minimum absolute atomic E-state index is 0.0728. The molecule has 0 aliphatic carbocycles. The fourth-order valence-corrected chi connectivity index (χ4v) is 5.94. The minimum Gasteiger partial charge on any atom is -0.469 e. The number of carbonyl (C=O) groups excluding carboxylic acids is 2. The largest absolute Gasteiger partial charge is 0.469 e. The predicted octanol–water partition coefficient (Wildman–Crippen LogP) is 6.65. The molecule has 0 saturated heterocycles. The number of fused-ring (bicyclic) bond motifs is 1. The Morgan fingerprint density at radius 3 is 2.29 bits per heavy atom. The van der Waals surface area contributed by atoms with Crippen LogP contribution < -0.4 is 0 Å². The molecule has 0 unspecified atom stereocenters. The van der Waals surface area contributed by atoms with Crippen LogP contribution in [0.15, 0.2) is 54.6 Å². The Labute approximate surface area is 213 Å². The second kappa shape index (κ2) is 13.4. The Kier molecular flexibility index (Phi) is 10.3. The van der Waals surface area contributed by atoms with Crippen molar-refractivity contribution < 1.29 is 19.1 Å². The molecule has 0 amide bonds. The van der Waals surface area contributed by atoms with Crippen molar-refractivity contribution in [3.63, 3.8) is 0 Å². The van der Waals surface area contributed by atoms with Crippen molar-refractivity contribution in [2.75, 3.05) is 25.7 Å². The van der Waals surface area contributed by atoms with Gasteiger partial charge in [-0.05, 0) is 41.5 Å². The molecular weight excluding hydrogens is 490 g/mol. The number of halogens is 1. The fraction of sp³-hybridized carbons (Fsp3) is 0.269. The molecular formula is C26H26ClNO4S2. The summed E-state index contributed by atoms with van der Waals surface area (Å²) < 4.78 is 9.57. The number of hydrogen-bond acceptors (Lipinski definition) is 7. The zero-order valence-electron chi connectivity index (χ0n) is 19.0. The summed E-state index contributed by atoms with van der Waals surface area (Å²) in [6.07, 6.45) is 4.68. The van der Waals surface area contributed by atoms with Crippen LogP contribution in [0.3, 0.4) is 0 Å². The molecule has 178 valence electrons. The molecule has 8 heteroatoms. The molecule has 0 spiro atoms. The van der Waals surface area contributed by atoms with Crippen LogP contribution >= 0.6 is 35.1 Å². The van der Waals surface area contributed by atoms with Crippen LogP contribution in [0, 0.1) is 0 Å². The van der Waals surface area contributed by atoms with Crippen LogP contribution in [0.2, 0.25) is 5.02 Å². The van der Waals surface area contributed by atoms with Gasteiger partial charge >= 0.3 is 11.9 Å². The summed E-state index contributed by atoms with van der Waals surface area (Å²) in [7, 11) is 2.79. The molecule has 0 saturated carbocycles. The quantitative estimate of drug-likeness (QED) is 0.209. The first-order chi connectivity index (χ1) is 16.5. The fourth-order valence-electron chi connectivity index (χ4n) is 3.13.